The van der Waals surface area contributed by atoms with Gasteiger partial charge in [-0.25, -0.2) is 9.18 Å². The molecule has 0 saturated carbocycles. The topological polar surface area (TPSA) is 59.9 Å². The van der Waals surface area contributed by atoms with Crippen LogP contribution in [0.25, 0.3) is 21.9 Å². The Morgan fingerprint density at radius 2 is 2.32 bits per heavy atom. The lowest BCUT2D eigenvalue weighted by Gasteiger charge is -2.23. The second kappa shape index (κ2) is 5.17. The summed E-state index contributed by atoms with van der Waals surface area (Å²) >= 11 is 3.20. The summed E-state index contributed by atoms with van der Waals surface area (Å²) in [6, 6.07) is 3.04. The Balaban J connectivity index is 2.06. The first-order valence-electron chi connectivity index (χ1n) is 7.11. The normalized spacial score (nSPS) is 19.1. The number of aromatic nitrogens is 3. The molecule has 4 rings (SSSR count). The fraction of sp³-hybridized carbons (Fsp3) is 0.333. The van der Waals surface area contributed by atoms with Crippen LogP contribution in [0.2, 0.25) is 0 Å². The molecule has 7 heteroatoms. The largest absolute Gasteiger partial charge is 0.379 e. The van der Waals surface area contributed by atoms with Crippen LogP contribution in [0.1, 0.15) is 18.9 Å². The lowest BCUT2D eigenvalue weighted by Crippen LogP contribution is -2.28. The predicted octanol–water partition coefficient (Wildman–Crippen LogP) is 3.13. The van der Waals surface area contributed by atoms with E-state index in [2.05, 4.69) is 25.9 Å². The molecule has 0 amide bonds. The lowest BCUT2D eigenvalue weighted by atomic mass is 10.1. The van der Waals surface area contributed by atoms with Crippen molar-refractivity contribution in [2.75, 3.05) is 13.2 Å². The van der Waals surface area contributed by atoms with Crippen molar-refractivity contribution in [3.8, 4) is 0 Å². The molecule has 3 aromatic rings. The van der Waals surface area contributed by atoms with Crippen molar-refractivity contribution in [3.63, 3.8) is 0 Å². The van der Waals surface area contributed by atoms with Crippen molar-refractivity contribution in [3.05, 3.63) is 39.1 Å². The van der Waals surface area contributed by atoms with E-state index in [1.807, 2.05) is 0 Å². The minimum Gasteiger partial charge on any atom is -0.379 e. The molecule has 5 nitrogen and oxygen atoms in total. The zero-order valence-corrected chi connectivity index (χ0v) is 13.2. The first-order chi connectivity index (χ1) is 10.6. The highest BCUT2D eigenvalue weighted by Crippen LogP contribution is 2.30. The Bertz CT molecular complexity index is 928. The molecule has 0 aliphatic carbocycles. The number of H-pyrrole nitrogens is 1. The third-order valence-electron chi connectivity index (χ3n) is 4.08. The van der Waals surface area contributed by atoms with Crippen LogP contribution >= 0.6 is 15.9 Å². The number of ether oxygens (including phenoxy) is 1. The van der Waals surface area contributed by atoms with Crippen LogP contribution in [-0.4, -0.2) is 27.7 Å². The lowest BCUT2D eigenvalue weighted by molar-refractivity contribution is 0.0595. The Hall–Kier alpha value is -1.73. The minimum absolute atomic E-state index is 0.00979. The molecule has 1 aliphatic rings. The number of hydrogen-bond acceptors (Lipinski definition) is 3. The van der Waals surface area contributed by atoms with Crippen molar-refractivity contribution in [2.24, 2.45) is 0 Å². The zero-order valence-electron chi connectivity index (χ0n) is 11.6. The maximum Gasteiger partial charge on any atom is 0.326 e. The summed E-state index contributed by atoms with van der Waals surface area (Å²) in [7, 11) is 0. The van der Waals surface area contributed by atoms with Gasteiger partial charge in [0.25, 0.3) is 0 Å². The van der Waals surface area contributed by atoms with E-state index in [-0.39, 0.29) is 17.5 Å². The van der Waals surface area contributed by atoms with E-state index in [0.717, 1.165) is 30.4 Å². The number of nitrogens with one attached hydrogen (secondary N) is 1. The molecule has 0 unspecified atom stereocenters. The van der Waals surface area contributed by atoms with Gasteiger partial charge in [0, 0.05) is 18.1 Å². The first kappa shape index (κ1) is 13.9. The van der Waals surface area contributed by atoms with Gasteiger partial charge in [-0.15, -0.1) is 0 Å². The molecular weight excluding hydrogens is 353 g/mol. The zero-order chi connectivity index (χ0) is 15.3. The summed E-state index contributed by atoms with van der Waals surface area (Å²) in [6.07, 6.45) is 3.39. The summed E-state index contributed by atoms with van der Waals surface area (Å²) < 4.78 is 21.3. The molecule has 1 N–H and O–H groups in total. The number of imidazole rings is 1. The van der Waals surface area contributed by atoms with Crippen molar-refractivity contribution in [1.82, 2.24) is 14.5 Å². The molecule has 22 heavy (non-hydrogen) atoms. The Labute approximate surface area is 133 Å². The smallest absolute Gasteiger partial charge is 0.326 e. The number of benzene rings is 1. The standard InChI is InChI=1S/C15H13BrFN3O2/c16-10-4-9-12(5-11(10)17)18-6-13-14(9)20(15(21)19-13)8-2-1-3-22-7-8/h4-6,8H,1-3,7H2,(H,19,21)/t8-/m0/s1. The molecule has 1 saturated heterocycles. The van der Waals surface area contributed by atoms with E-state index >= 15 is 0 Å². The third-order valence-corrected chi connectivity index (χ3v) is 4.69. The van der Waals surface area contributed by atoms with Crippen LogP contribution in [0.5, 0.6) is 0 Å². The van der Waals surface area contributed by atoms with Crippen LogP contribution in [0.15, 0.2) is 27.6 Å². The van der Waals surface area contributed by atoms with Crippen molar-refractivity contribution in [2.45, 2.75) is 18.9 Å². The van der Waals surface area contributed by atoms with Gasteiger partial charge < -0.3 is 9.72 Å². The Kier molecular flexibility index (Phi) is 3.27. The van der Waals surface area contributed by atoms with E-state index in [0.29, 0.717) is 22.1 Å². The molecule has 0 radical (unpaired) electrons. The summed E-state index contributed by atoms with van der Waals surface area (Å²) in [5.74, 6) is -0.371. The minimum atomic E-state index is -0.371. The number of nitrogens with zero attached hydrogens (tertiary/aromatic N) is 2. The molecular formula is C15H13BrFN3O2. The van der Waals surface area contributed by atoms with Gasteiger partial charge in [-0.05, 0) is 34.8 Å². The molecule has 1 aliphatic heterocycles. The van der Waals surface area contributed by atoms with Gasteiger partial charge in [0.1, 0.15) is 5.82 Å². The highest BCUT2D eigenvalue weighted by Gasteiger charge is 2.22. The maximum atomic E-state index is 13.7. The second-order valence-corrected chi connectivity index (χ2v) is 6.33. The van der Waals surface area contributed by atoms with Gasteiger partial charge in [0.05, 0.1) is 39.9 Å². The first-order valence-corrected chi connectivity index (χ1v) is 7.90. The highest BCUT2D eigenvalue weighted by atomic mass is 79.9. The van der Waals surface area contributed by atoms with E-state index in [1.165, 1.54) is 6.07 Å². The summed E-state index contributed by atoms with van der Waals surface area (Å²) in [4.78, 5) is 19.4. The molecule has 0 spiro atoms. The van der Waals surface area contributed by atoms with Gasteiger partial charge in [0.15, 0.2) is 0 Å². The van der Waals surface area contributed by atoms with Crippen LogP contribution in [0.4, 0.5) is 4.39 Å². The molecule has 114 valence electrons. The van der Waals surface area contributed by atoms with Crippen LogP contribution in [-0.2, 0) is 4.74 Å². The van der Waals surface area contributed by atoms with E-state index in [4.69, 9.17) is 4.74 Å². The maximum absolute atomic E-state index is 13.7. The van der Waals surface area contributed by atoms with E-state index in [9.17, 15) is 9.18 Å². The average Bonchev–Trinajstić information content (AvgIpc) is 2.86. The van der Waals surface area contributed by atoms with E-state index < -0.39 is 0 Å². The van der Waals surface area contributed by atoms with Gasteiger partial charge in [-0.1, -0.05) is 0 Å². The molecule has 0 bridgehead atoms. The highest BCUT2D eigenvalue weighted by molar-refractivity contribution is 9.10. The Morgan fingerprint density at radius 1 is 1.45 bits per heavy atom. The SMILES string of the molecule is O=c1[nH]c2cnc3cc(F)c(Br)cc3c2n1[C@H]1CCCOC1. The monoisotopic (exact) mass is 365 g/mol. The van der Waals surface area contributed by atoms with Gasteiger partial charge in [-0.2, -0.15) is 0 Å². The number of pyridine rings is 1. The van der Waals surface area contributed by atoms with Crippen molar-refractivity contribution < 1.29 is 9.13 Å². The fourth-order valence-electron chi connectivity index (χ4n) is 3.08. The number of fused-ring (bicyclic) bond motifs is 3. The van der Waals surface area contributed by atoms with Gasteiger partial charge >= 0.3 is 5.69 Å². The van der Waals surface area contributed by atoms with Gasteiger partial charge in [0.2, 0.25) is 0 Å². The number of hydrogen-bond donors (Lipinski definition) is 1. The van der Waals surface area contributed by atoms with Crippen LogP contribution in [0, 0.1) is 5.82 Å². The molecule has 3 heterocycles. The summed E-state index contributed by atoms with van der Waals surface area (Å²) in [5, 5.41) is 0.745. The number of aromatic amines is 1. The quantitative estimate of drug-likeness (QED) is 0.720. The molecule has 2 aromatic heterocycles. The third kappa shape index (κ3) is 2.07. The molecule has 1 aromatic carbocycles. The van der Waals surface area contributed by atoms with Crippen molar-refractivity contribution in [1.29, 1.82) is 0 Å². The van der Waals surface area contributed by atoms with Crippen LogP contribution < -0.4 is 5.69 Å². The summed E-state index contributed by atoms with van der Waals surface area (Å²) in [6.45, 7) is 1.24. The number of halogens is 2. The summed E-state index contributed by atoms with van der Waals surface area (Å²) in [5.41, 5.74) is 1.76. The predicted molar refractivity (Wildman–Crippen MR) is 84.6 cm³/mol. The van der Waals surface area contributed by atoms with Gasteiger partial charge in [-0.3, -0.25) is 9.55 Å². The second-order valence-electron chi connectivity index (χ2n) is 5.48. The Morgan fingerprint density at radius 3 is 3.09 bits per heavy atom. The van der Waals surface area contributed by atoms with Crippen molar-refractivity contribution >= 4 is 37.9 Å². The van der Waals surface area contributed by atoms with Crippen LogP contribution in [0.3, 0.4) is 0 Å². The number of rotatable bonds is 1. The average molecular weight is 366 g/mol. The van der Waals surface area contributed by atoms with E-state index in [1.54, 1.807) is 16.8 Å². The fourth-order valence-corrected chi connectivity index (χ4v) is 3.42. The molecule has 1 atom stereocenters. The molecule has 1 fully saturated rings.